The highest BCUT2D eigenvalue weighted by molar-refractivity contribution is 7.85. The summed E-state index contributed by atoms with van der Waals surface area (Å²) in [4.78, 5) is 78.2. The van der Waals surface area contributed by atoms with E-state index in [2.05, 4.69) is 27.9 Å². The van der Waals surface area contributed by atoms with Gasteiger partial charge in [-0.1, -0.05) is 50.3 Å². The number of unbranched alkanes of at least 4 members (excludes halogenated alkanes) is 2. The molecule has 0 saturated carbocycles. The first-order valence-electron chi connectivity index (χ1n) is 21.5. The largest absolute Gasteiger partial charge is 0.490 e. The zero-order chi connectivity index (χ0) is 51.4. The molecule has 24 nitrogen and oxygen atoms in total. The predicted molar refractivity (Wildman–Crippen MR) is 251 cm³/mol. The highest BCUT2D eigenvalue weighted by Crippen LogP contribution is 2.66. The van der Waals surface area contributed by atoms with Crippen LogP contribution in [0.3, 0.4) is 0 Å². The van der Waals surface area contributed by atoms with Gasteiger partial charge in [0.2, 0.25) is 11.4 Å². The molecule has 0 spiro atoms. The summed E-state index contributed by atoms with van der Waals surface area (Å²) >= 11 is 0. The van der Waals surface area contributed by atoms with Crippen LogP contribution in [0.1, 0.15) is 69.4 Å². The average Bonchev–Trinajstić information content (AvgIpc) is 3.66. The first-order valence-corrected chi connectivity index (χ1v) is 27.5. The fourth-order valence-corrected chi connectivity index (χ4v) is 11.7. The van der Waals surface area contributed by atoms with E-state index in [-0.39, 0.29) is 29.3 Å². The lowest BCUT2D eigenvalue weighted by Gasteiger charge is -2.25. The van der Waals surface area contributed by atoms with Crippen LogP contribution < -0.4 is 26.0 Å². The first-order chi connectivity index (χ1) is 32.7. The van der Waals surface area contributed by atoms with Crippen LogP contribution in [0.15, 0.2) is 99.3 Å². The molecule has 1 amide bonds. The van der Waals surface area contributed by atoms with Gasteiger partial charge in [0, 0.05) is 61.1 Å². The smallest absolute Gasteiger partial charge is 0.387 e. The number of pyridine rings is 1. The first kappa shape index (κ1) is 54.6. The van der Waals surface area contributed by atoms with Crippen molar-refractivity contribution in [3.8, 4) is 0 Å². The zero-order valence-corrected chi connectivity index (χ0v) is 41.2. The molecule has 70 heavy (non-hydrogen) atoms. The summed E-state index contributed by atoms with van der Waals surface area (Å²) in [6, 6.07) is 14.7. The van der Waals surface area contributed by atoms with Gasteiger partial charge in [-0.15, -0.1) is 0 Å². The van der Waals surface area contributed by atoms with Crippen LogP contribution in [0, 0.1) is 0 Å². The normalized spacial score (nSPS) is 21.7. The summed E-state index contributed by atoms with van der Waals surface area (Å²) in [5.74, 6) is -0.249. The highest BCUT2D eigenvalue weighted by Gasteiger charge is 2.47. The molecule has 1 saturated heterocycles. The van der Waals surface area contributed by atoms with Crippen molar-refractivity contribution in [3.05, 3.63) is 122 Å². The van der Waals surface area contributed by atoms with E-state index >= 15 is 0 Å². The number of phosphoric ester groups is 1. The Morgan fingerprint density at radius 1 is 0.957 bits per heavy atom. The van der Waals surface area contributed by atoms with Gasteiger partial charge in [0.25, 0.3) is 15.7 Å². The number of para-hydroxylation sites is 1. The van der Waals surface area contributed by atoms with Crippen molar-refractivity contribution < 1.29 is 83.7 Å². The minimum atomic E-state index is -5.84. The number of nitrogens with one attached hydrogen (secondary N) is 2. The number of rotatable bonds is 21. The average molecular weight is 1060 g/mol. The lowest BCUT2D eigenvalue weighted by Crippen LogP contribution is -2.38. The summed E-state index contributed by atoms with van der Waals surface area (Å²) in [5, 5.41) is 24.8. The van der Waals surface area contributed by atoms with Crippen molar-refractivity contribution in [3.63, 3.8) is 0 Å². The quantitative estimate of drug-likeness (QED) is 0.0250. The van der Waals surface area contributed by atoms with Gasteiger partial charge in [0.05, 0.1) is 22.5 Å². The van der Waals surface area contributed by atoms with Gasteiger partial charge < -0.3 is 44.7 Å². The summed E-state index contributed by atoms with van der Waals surface area (Å²) in [6.45, 7) is 6.29. The summed E-state index contributed by atoms with van der Waals surface area (Å²) in [6.07, 6.45) is 6.91. The number of ether oxygens (including phenoxy) is 1. The lowest BCUT2D eigenvalue weighted by atomic mass is 9.83. The van der Waals surface area contributed by atoms with E-state index in [1.165, 1.54) is 24.3 Å². The van der Waals surface area contributed by atoms with Crippen LogP contribution in [-0.2, 0) is 58.4 Å². The summed E-state index contributed by atoms with van der Waals surface area (Å²) < 4.78 is 87.9. The van der Waals surface area contributed by atoms with Crippen molar-refractivity contribution in [2.75, 3.05) is 24.6 Å². The Labute approximate surface area is 400 Å². The molecule has 2 aromatic heterocycles. The van der Waals surface area contributed by atoms with E-state index in [1.807, 2.05) is 80.5 Å². The number of aromatic amines is 1. The Hall–Kier alpha value is -4.78. The number of H-pyrrole nitrogens is 1. The van der Waals surface area contributed by atoms with Crippen LogP contribution >= 0.6 is 23.5 Å². The molecule has 0 radical (unpaired) electrons. The van der Waals surface area contributed by atoms with Gasteiger partial charge in [-0.05, 0) is 61.2 Å². The second-order valence-electron chi connectivity index (χ2n) is 16.6. The van der Waals surface area contributed by atoms with Crippen molar-refractivity contribution in [2.24, 2.45) is 0 Å². The van der Waals surface area contributed by atoms with Crippen LogP contribution in [0.25, 0.3) is 23.1 Å². The second-order valence-corrected chi connectivity index (χ2v) is 22.5. The van der Waals surface area contributed by atoms with E-state index in [0.29, 0.717) is 24.1 Å². The number of hydrogen-bond donors (Lipinski definition) is 9. The monoisotopic (exact) mass is 1060 g/mol. The Bertz CT molecular complexity index is 3100. The fraction of sp³-hybridized carbons (Fsp3) is 0.381. The molecule has 9 N–H and O–H groups in total. The van der Waals surface area contributed by atoms with Gasteiger partial charge in [-0.2, -0.15) is 21.6 Å². The van der Waals surface area contributed by atoms with E-state index in [0.717, 1.165) is 52.5 Å². The molecule has 28 heteroatoms. The zero-order valence-electron chi connectivity index (χ0n) is 37.7. The van der Waals surface area contributed by atoms with Crippen molar-refractivity contribution in [1.29, 1.82) is 0 Å². The van der Waals surface area contributed by atoms with Crippen LogP contribution in [-0.4, -0.2) is 96.2 Å². The molecule has 0 bridgehead atoms. The van der Waals surface area contributed by atoms with E-state index in [1.54, 1.807) is 6.07 Å². The third kappa shape index (κ3) is 13.4. The molecule has 2 aliphatic rings. The number of allylic oxidation sites excluding steroid dienone is 3. The van der Waals surface area contributed by atoms with Crippen LogP contribution in [0.4, 0.5) is 5.69 Å². The number of carbonyl (C=O) groups is 1. The Kier molecular flexibility index (Phi) is 17.1. The number of benzene rings is 2. The Balaban J connectivity index is 0.979. The Morgan fingerprint density at radius 3 is 2.39 bits per heavy atom. The number of nitrogens with zero attached hydrogens (tertiary/aromatic N) is 3. The SMILES string of the molecule is CCN1/C(=C/C=C/c2cc[n+](CCCCCC(=O)NCC=Cc3cn(C4OC(COP(=O)(O)OP(=O)(O)OP(=O)(O)O)C(O)C4O)c(=O)[nH]c3=O)c3ccccc23)C(C)(C)c2cc(S(=O)(=O)O)ccc21. The predicted octanol–water partition coefficient (Wildman–Crippen LogP) is 3.29. The van der Waals surface area contributed by atoms with Crippen molar-refractivity contribution >= 4 is 68.2 Å². The molecule has 2 aliphatic heterocycles. The number of amides is 1. The van der Waals surface area contributed by atoms with Gasteiger partial charge in [-0.25, -0.2) is 18.5 Å². The molecular formula is C42H53N5O19P3S+. The Morgan fingerprint density at radius 2 is 1.69 bits per heavy atom. The van der Waals surface area contributed by atoms with E-state index in [9.17, 15) is 61.0 Å². The molecule has 6 atom stereocenters. The summed E-state index contributed by atoms with van der Waals surface area (Å²) in [5.41, 5.74) is 2.10. The molecule has 4 aromatic rings. The lowest BCUT2D eigenvalue weighted by molar-refractivity contribution is -0.671. The maximum Gasteiger partial charge on any atom is 0.490 e. The maximum absolute atomic E-state index is 12.7. The van der Waals surface area contributed by atoms with E-state index < -0.39 is 81.4 Å². The molecule has 0 aliphatic carbocycles. The summed E-state index contributed by atoms with van der Waals surface area (Å²) in [7, 11) is -21.5. The number of likely N-dealkylation sites (N-methyl/N-ethyl adjacent to an activating group) is 1. The molecule has 2 aromatic carbocycles. The standard InChI is InChI=1S/C42H52N5O19P3S/c1-4-46-33-19-18-29(70(60,61)62)24-31(33)42(2,3)35(46)16-10-12-27-20-23-45(32-15-8-7-14-30(27)32)22-9-5-6-17-36(48)43-21-11-13-28-25-47(41(52)44-39(28)51)40-38(50)37(49)34(64-40)26-63-68(56,57)66-69(58,59)65-67(53,54)55/h7-8,10-16,18-20,23-25,34,37-38,40,49-50H,4-6,9,17,21-22,26H2,1-3H3,(H6-,43,44,48,51,52,53,54,55,56,57,58,59,60,61,62)/p+1. The van der Waals surface area contributed by atoms with Crippen molar-refractivity contribution in [2.45, 2.75) is 87.8 Å². The number of aliphatic hydroxyl groups excluding tert-OH is 2. The van der Waals surface area contributed by atoms with E-state index in [4.69, 9.17) is 14.5 Å². The minimum Gasteiger partial charge on any atom is -0.387 e. The molecule has 6 unspecified atom stereocenters. The minimum absolute atomic E-state index is 0.00123. The number of aromatic nitrogens is 3. The van der Waals surface area contributed by atoms with Crippen molar-refractivity contribution in [1.82, 2.24) is 14.9 Å². The number of fused-ring (bicyclic) bond motifs is 2. The number of aliphatic hydroxyl groups is 2. The van der Waals surface area contributed by atoms with Gasteiger partial charge >= 0.3 is 29.2 Å². The topological polar surface area (TPSA) is 355 Å². The number of phosphoric acid groups is 3. The third-order valence-electron chi connectivity index (χ3n) is 11.4. The fourth-order valence-electron chi connectivity index (χ4n) is 8.12. The third-order valence-corrected chi connectivity index (χ3v) is 16.1. The second kappa shape index (κ2) is 21.9. The number of hydrogen-bond acceptors (Lipinski definition) is 15. The molecular weight excluding hydrogens is 1000 g/mol. The molecule has 1 fully saturated rings. The van der Waals surface area contributed by atoms with Gasteiger partial charge in [-0.3, -0.25) is 28.2 Å². The maximum atomic E-state index is 12.7. The number of aryl methyl sites for hydroxylation is 1. The van der Waals surface area contributed by atoms with Crippen LogP contribution in [0.2, 0.25) is 0 Å². The molecule has 6 rings (SSSR count). The number of anilines is 1. The highest BCUT2D eigenvalue weighted by atomic mass is 32.2. The van der Waals surface area contributed by atoms with Gasteiger partial charge in [0.1, 0.15) is 24.9 Å². The number of carbonyl (C=O) groups excluding carboxylic acids is 1. The van der Waals surface area contributed by atoms with Crippen LogP contribution in [0.5, 0.6) is 0 Å². The molecule has 380 valence electrons. The molecule has 4 heterocycles. The van der Waals surface area contributed by atoms with Gasteiger partial charge in [0.15, 0.2) is 12.4 Å².